The van der Waals surface area contributed by atoms with Gasteiger partial charge in [0.25, 0.3) is 0 Å². The maximum absolute atomic E-state index is 5.96. The summed E-state index contributed by atoms with van der Waals surface area (Å²) in [5, 5.41) is 8.76. The fraction of sp³-hybridized carbons (Fsp3) is 0.182. The molecule has 0 saturated carbocycles. The monoisotopic (exact) mass is 410 g/mol. The molecule has 1 aromatic heterocycles. The Bertz CT molecular complexity index is 976. The van der Waals surface area contributed by atoms with Crippen LogP contribution in [0.2, 0.25) is 5.02 Å². The number of aromatic nitrogens is 1. The molecule has 0 unspecified atom stereocenters. The number of thiocarbonyl (C=S) groups is 1. The second-order valence-corrected chi connectivity index (χ2v) is 7.32. The smallest absolute Gasteiger partial charge is 0.191 e. The summed E-state index contributed by atoms with van der Waals surface area (Å²) in [6, 6.07) is 18.1. The quantitative estimate of drug-likeness (QED) is 0.325. The van der Waals surface area contributed by atoms with Crippen molar-refractivity contribution >= 4 is 40.8 Å². The normalized spacial score (nSPS) is 11.0. The molecule has 4 nitrogen and oxygen atoms in total. The van der Waals surface area contributed by atoms with Gasteiger partial charge in [-0.1, -0.05) is 48.9 Å². The van der Waals surface area contributed by atoms with E-state index in [9.17, 15) is 0 Å². The number of aryl methyl sites for hydroxylation is 2. The van der Waals surface area contributed by atoms with Gasteiger partial charge in [-0.2, -0.15) is 5.10 Å². The van der Waals surface area contributed by atoms with Crippen molar-refractivity contribution in [1.82, 2.24) is 9.99 Å². The number of nitrogens with zero attached hydrogens (tertiary/aromatic N) is 2. The zero-order valence-corrected chi connectivity index (χ0v) is 17.5. The van der Waals surface area contributed by atoms with Gasteiger partial charge in [-0.15, -0.1) is 0 Å². The summed E-state index contributed by atoms with van der Waals surface area (Å²) in [4.78, 5) is 0. The first-order valence-electron chi connectivity index (χ1n) is 9.15. The lowest BCUT2D eigenvalue weighted by Gasteiger charge is -2.14. The molecule has 2 N–H and O–H groups in total. The average Bonchev–Trinajstić information content (AvgIpc) is 3.12. The van der Waals surface area contributed by atoms with Gasteiger partial charge in [0.05, 0.1) is 11.9 Å². The fourth-order valence-corrected chi connectivity index (χ4v) is 3.26. The van der Waals surface area contributed by atoms with Gasteiger partial charge in [-0.3, -0.25) is 5.43 Å². The van der Waals surface area contributed by atoms with E-state index >= 15 is 0 Å². The molecular weight excluding hydrogens is 388 g/mol. The molecule has 3 aromatic rings. The molecular formula is C22H23ClN4S. The van der Waals surface area contributed by atoms with Crippen LogP contribution in [-0.4, -0.2) is 15.9 Å². The first-order valence-corrected chi connectivity index (χ1v) is 9.93. The number of benzene rings is 2. The molecule has 0 amide bonds. The highest BCUT2D eigenvalue weighted by Gasteiger charge is 2.05. The van der Waals surface area contributed by atoms with E-state index in [-0.39, 0.29) is 0 Å². The molecule has 144 valence electrons. The van der Waals surface area contributed by atoms with Gasteiger partial charge in [-0.05, 0) is 66.5 Å². The third-order valence-corrected chi connectivity index (χ3v) is 4.92. The van der Waals surface area contributed by atoms with Crippen LogP contribution in [0.1, 0.15) is 29.3 Å². The number of hydrogen-bond acceptors (Lipinski definition) is 2. The summed E-state index contributed by atoms with van der Waals surface area (Å²) >= 11 is 11.3. The lowest BCUT2D eigenvalue weighted by atomic mass is 10.1. The van der Waals surface area contributed by atoms with Crippen LogP contribution in [-0.2, 0) is 13.0 Å². The van der Waals surface area contributed by atoms with Crippen LogP contribution in [0.15, 0.2) is 65.9 Å². The summed E-state index contributed by atoms with van der Waals surface area (Å²) in [5.41, 5.74) is 8.49. The lowest BCUT2D eigenvalue weighted by Crippen LogP contribution is -2.25. The largest absolute Gasteiger partial charge is 0.342 e. The van der Waals surface area contributed by atoms with Gasteiger partial charge >= 0.3 is 0 Å². The topological polar surface area (TPSA) is 41.4 Å². The molecule has 0 spiro atoms. The molecule has 1 heterocycles. The van der Waals surface area contributed by atoms with Gasteiger partial charge < -0.3 is 9.88 Å². The molecule has 28 heavy (non-hydrogen) atoms. The van der Waals surface area contributed by atoms with E-state index in [0.717, 1.165) is 34.9 Å². The third-order valence-electron chi connectivity index (χ3n) is 4.47. The minimum atomic E-state index is 0.469. The van der Waals surface area contributed by atoms with E-state index in [4.69, 9.17) is 23.8 Å². The molecule has 0 bridgehead atoms. The van der Waals surface area contributed by atoms with E-state index in [1.807, 2.05) is 42.6 Å². The van der Waals surface area contributed by atoms with Crippen molar-refractivity contribution in [3.8, 4) is 0 Å². The van der Waals surface area contributed by atoms with Crippen molar-refractivity contribution in [2.75, 3.05) is 5.32 Å². The number of hydrazone groups is 1. The van der Waals surface area contributed by atoms with Gasteiger partial charge in [0.15, 0.2) is 5.11 Å². The minimum absolute atomic E-state index is 0.469. The van der Waals surface area contributed by atoms with Crippen LogP contribution in [0.3, 0.4) is 0 Å². The molecule has 0 aliphatic heterocycles. The van der Waals surface area contributed by atoms with E-state index < -0.39 is 0 Å². The van der Waals surface area contributed by atoms with Crippen LogP contribution in [0.25, 0.3) is 0 Å². The molecule has 0 atom stereocenters. The summed E-state index contributed by atoms with van der Waals surface area (Å²) in [6.07, 6.45) is 4.73. The molecule has 0 aliphatic rings. The Labute approximate surface area is 176 Å². The van der Waals surface area contributed by atoms with Crippen LogP contribution < -0.4 is 10.7 Å². The van der Waals surface area contributed by atoms with Crippen LogP contribution >= 0.6 is 23.8 Å². The van der Waals surface area contributed by atoms with Crippen LogP contribution in [0.4, 0.5) is 5.69 Å². The number of halogens is 1. The maximum Gasteiger partial charge on any atom is 0.191 e. The number of nitrogens with one attached hydrogen (secondary N) is 2. The fourth-order valence-electron chi connectivity index (χ4n) is 2.98. The number of anilines is 1. The van der Waals surface area contributed by atoms with Crippen molar-refractivity contribution < 1.29 is 0 Å². The number of hydrogen-bond donors (Lipinski definition) is 2. The summed E-state index contributed by atoms with van der Waals surface area (Å²) < 4.78 is 2.11. The third kappa shape index (κ3) is 5.21. The second kappa shape index (κ2) is 9.53. The zero-order valence-electron chi connectivity index (χ0n) is 15.9. The van der Waals surface area contributed by atoms with Crippen molar-refractivity contribution in [1.29, 1.82) is 0 Å². The zero-order chi connectivity index (χ0) is 19.9. The second-order valence-electron chi connectivity index (χ2n) is 6.47. The van der Waals surface area contributed by atoms with Crippen molar-refractivity contribution in [2.45, 2.75) is 26.8 Å². The highest BCUT2D eigenvalue weighted by Crippen LogP contribution is 2.20. The van der Waals surface area contributed by atoms with E-state index in [0.29, 0.717) is 5.11 Å². The Balaban J connectivity index is 1.62. The molecule has 6 heteroatoms. The van der Waals surface area contributed by atoms with Crippen molar-refractivity contribution in [3.05, 3.63) is 88.2 Å². The number of para-hydroxylation sites is 1. The maximum atomic E-state index is 5.96. The van der Waals surface area contributed by atoms with E-state index in [1.54, 1.807) is 6.21 Å². The van der Waals surface area contributed by atoms with Crippen LogP contribution in [0.5, 0.6) is 0 Å². The molecule has 0 aliphatic carbocycles. The van der Waals surface area contributed by atoms with E-state index in [1.165, 1.54) is 11.1 Å². The Morgan fingerprint density at radius 2 is 1.93 bits per heavy atom. The Morgan fingerprint density at radius 1 is 1.14 bits per heavy atom. The Hall–Kier alpha value is -2.63. The van der Waals surface area contributed by atoms with Crippen molar-refractivity contribution in [2.24, 2.45) is 5.10 Å². The predicted molar refractivity (Wildman–Crippen MR) is 122 cm³/mol. The average molecular weight is 411 g/mol. The van der Waals surface area contributed by atoms with Gasteiger partial charge in [0.1, 0.15) is 0 Å². The summed E-state index contributed by atoms with van der Waals surface area (Å²) in [7, 11) is 0. The Kier molecular flexibility index (Phi) is 6.85. The molecule has 2 aromatic carbocycles. The lowest BCUT2D eigenvalue weighted by molar-refractivity contribution is 0.799. The SMILES string of the molecule is CCc1cccc(C)c1NC(=S)NN=Cc1cccn1Cc1ccc(Cl)cc1. The van der Waals surface area contributed by atoms with Gasteiger partial charge in [0.2, 0.25) is 0 Å². The molecule has 0 radical (unpaired) electrons. The van der Waals surface area contributed by atoms with Crippen LogP contribution in [0, 0.1) is 6.92 Å². The standard InChI is InChI=1S/C22H23ClN4S/c1-3-18-7-4-6-16(2)21(18)25-22(28)26-24-14-20-8-5-13-27(20)15-17-9-11-19(23)12-10-17/h4-14H,3,15H2,1-2H3,(H2,25,26,28). The van der Waals surface area contributed by atoms with Crippen molar-refractivity contribution in [3.63, 3.8) is 0 Å². The first-order chi connectivity index (χ1) is 13.6. The highest BCUT2D eigenvalue weighted by atomic mass is 35.5. The summed E-state index contributed by atoms with van der Waals surface area (Å²) in [6.45, 7) is 4.94. The minimum Gasteiger partial charge on any atom is -0.342 e. The molecule has 0 fully saturated rings. The molecule has 0 saturated heterocycles. The molecule has 3 rings (SSSR count). The first kappa shape index (κ1) is 20.1. The van der Waals surface area contributed by atoms with Gasteiger partial charge in [-0.25, -0.2) is 0 Å². The number of rotatable bonds is 6. The van der Waals surface area contributed by atoms with Gasteiger partial charge in [0, 0.05) is 23.5 Å². The summed E-state index contributed by atoms with van der Waals surface area (Å²) in [5.74, 6) is 0. The van der Waals surface area contributed by atoms with E-state index in [2.05, 4.69) is 52.5 Å². The Morgan fingerprint density at radius 3 is 2.68 bits per heavy atom. The predicted octanol–water partition coefficient (Wildman–Crippen LogP) is 5.38. The highest BCUT2D eigenvalue weighted by molar-refractivity contribution is 7.80.